The smallest absolute Gasteiger partial charge is 0.416 e. The van der Waals surface area contributed by atoms with Crippen LogP contribution in [0.15, 0.2) is 24.3 Å². The Labute approximate surface area is 149 Å². The number of carbonyl (C=O) groups is 3. The Morgan fingerprint density at radius 1 is 0.923 bits per heavy atom. The number of hydrogen-bond donors (Lipinski definition) is 0. The van der Waals surface area contributed by atoms with Gasteiger partial charge in [0.25, 0.3) is 0 Å². The number of hydrogen-bond acceptors (Lipinski definition) is 5. The number of ether oxygens (including phenoxy) is 2. The van der Waals surface area contributed by atoms with E-state index < -0.39 is 54.0 Å². The molecule has 0 saturated heterocycles. The zero-order chi connectivity index (χ0) is 20.1. The van der Waals surface area contributed by atoms with E-state index in [0.717, 1.165) is 24.3 Å². The van der Waals surface area contributed by atoms with E-state index in [2.05, 4.69) is 0 Å². The molecular weight excluding hydrogens is 353 g/mol. The van der Waals surface area contributed by atoms with Crippen LogP contribution >= 0.6 is 0 Å². The summed E-state index contributed by atoms with van der Waals surface area (Å²) in [6.45, 7) is 6.32. The standard InChI is InChI=1S/C18H21F3O5/c1-10(2)25-15(22)9-14(16(23)17(24)26-11(3)4)12-5-7-13(8-6-12)18(19,20)21/h5-8,10-11,14H,9H2,1-4H3. The molecule has 0 aliphatic heterocycles. The van der Waals surface area contributed by atoms with Crippen LogP contribution in [-0.2, 0) is 30.0 Å². The number of rotatable bonds is 7. The van der Waals surface area contributed by atoms with E-state index in [1.54, 1.807) is 27.7 Å². The lowest BCUT2D eigenvalue weighted by Gasteiger charge is -2.17. The molecule has 0 saturated carbocycles. The van der Waals surface area contributed by atoms with Crippen LogP contribution < -0.4 is 0 Å². The second-order valence-electron chi connectivity index (χ2n) is 6.23. The van der Waals surface area contributed by atoms with Crippen molar-refractivity contribution in [3.8, 4) is 0 Å². The maximum absolute atomic E-state index is 12.7. The number of Topliss-reactive ketones (excluding diaryl/α,β-unsaturated/α-hetero) is 1. The van der Waals surface area contributed by atoms with Crippen molar-refractivity contribution in [2.24, 2.45) is 0 Å². The summed E-state index contributed by atoms with van der Waals surface area (Å²) < 4.78 is 47.9. The van der Waals surface area contributed by atoms with Gasteiger partial charge in [0.05, 0.1) is 30.1 Å². The average molecular weight is 374 g/mol. The highest BCUT2D eigenvalue weighted by Crippen LogP contribution is 2.31. The number of benzene rings is 1. The van der Waals surface area contributed by atoms with E-state index >= 15 is 0 Å². The largest absolute Gasteiger partial charge is 0.463 e. The monoisotopic (exact) mass is 374 g/mol. The molecule has 1 aromatic carbocycles. The van der Waals surface area contributed by atoms with Gasteiger partial charge in [-0.05, 0) is 45.4 Å². The van der Waals surface area contributed by atoms with Crippen molar-refractivity contribution in [1.29, 1.82) is 0 Å². The van der Waals surface area contributed by atoms with Crippen LogP contribution in [0.3, 0.4) is 0 Å². The van der Waals surface area contributed by atoms with Crippen LogP contribution in [0.25, 0.3) is 0 Å². The minimum Gasteiger partial charge on any atom is -0.463 e. The Morgan fingerprint density at radius 2 is 1.42 bits per heavy atom. The third kappa shape index (κ3) is 6.50. The molecule has 1 atom stereocenters. The van der Waals surface area contributed by atoms with Gasteiger partial charge in [0.15, 0.2) is 0 Å². The van der Waals surface area contributed by atoms with E-state index in [1.807, 2.05) is 0 Å². The molecule has 0 amide bonds. The molecular formula is C18H21F3O5. The zero-order valence-corrected chi connectivity index (χ0v) is 14.9. The summed E-state index contributed by atoms with van der Waals surface area (Å²) in [5, 5.41) is 0. The summed E-state index contributed by atoms with van der Waals surface area (Å²) in [5.74, 6) is -4.19. The molecule has 1 aromatic rings. The van der Waals surface area contributed by atoms with Crippen molar-refractivity contribution in [2.75, 3.05) is 0 Å². The van der Waals surface area contributed by atoms with Crippen molar-refractivity contribution >= 4 is 17.7 Å². The zero-order valence-electron chi connectivity index (χ0n) is 14.9. The first-order chi connectivity index (χ1) is 11.9. The topological polar surface area (TPSA) is 69.7 Å². The van der Waals surface area contributed by atoms with Crippen molar-refractivity contribution in [3.05, 3.63) is 35.4 Å². The normalized spacial score (nSPS) is 12.8. The highest BCUT2D eigenvalue weighted by molar-refractivity contribution is 6.36. The molecule has 0 aliphatic carbocycles. The molecule has 0 aliphatic rings. The van der Waals surface area contributed by atoms with Crippen LogP contribution in [0.1, 0.15) is 51.2 Å². The Hall–Kier alpha value is -2.38. The van der Waals surface area contributed by atoms with E-state index in [0.29, 0.717) is 0 Å². The van der Waals surface area contributed by atoms with Crippen molar-refractivity contribution in [2.45, 2.75) is 58.4 Å². The number of ketones is 1. The summed E-state index contributed by atoms with van der Waals surface area (Å²) in [6.07, 6.45) is -6.00. The van der Waals surface area contributed by atoms with Gasteiger partial charge in [-0.15, -0.1) is 0 Å². The minimum absolute atomic E-state index is 0.101. The van der Waals surface area contributed by atoms with E-state index in [1.165, 1.54) is 0 Å². The van der Waals surface area contributed by atoms with Crippen LogP contribution in [-0.4, -0.2) is 29.9 Å². The predicted molar refractivity (Wildman–Crippen MR) is 86.3 cm³/mol. The maximum Gasteiger partial charge on any atom is 0.416 e. The van der Waals surface area contributed by atoms with E-state index in [4.69, 9.17) is 9.47 Å². The van der Waals surface area contributed by atoms with Gasteiger partial charge in [-0.2, -0.15) is 13.2 Å². The first kappa shape index (κ1) is 21.7. The Morgan fingerprint density at radius 3 is 1.85 bits per heavy atom. The molecule has 0 radical (unpaired) electrons. The molecule has 144 valence electrons. The van der Waals surface area contributed by atoms with E-state index in [-0.39, 0.29) is 5.56 Å². The summed E-state index contributed by atoms with van der Waals surface area (Å²) in [6, 6.07) is 3.71. The van der Waals surface area contributed by atoms with Gasteiger partial charge in [0, 0.05) is 0 Å². The SMILES string of the molecule is CC(C)OC(=O)CC(C(=O)C(=O)OC(C)C)c1ccc(C(F)(F)F)cc1. The van der Waals surface area contributed by atoms with Crippen molar-refractivity contribution < 1.29 is 37.0 Å². The van der Waals surface area contributed by atoms with Gasteiger partial charge in [0.2, 0.25) is 5.78 Å². The molecule has 8 heteroatoms. The molecule has 0 heterocycles. The number of alkyl halides is 3. The lowest BCUT2D eigenvalue weighted by atomic mass is 9.90. The molecule has 0 fully saturated rings. The lowest BCUT2D eigenvalue weighted by Crippen LogP contribution is -2.29. The predicted octanol–water partition coefficient (Wildman–Crippen LogP) is 3.65. The Balaban J connectivity index is 3.12. The van der Waals surface area contributed by atoms with E-state index in [9.17, 15) is 27.6 Å². The van der Waals surface area contributed by atoms with Crippen LogP contribution in [0.5, 0.6) is 0 Å². The summed E-state index contributed by atoms with van der Waals surface area (Å²) in [7, 11) is 0. The van der Waals surface area contributed by atoms with Crippen LogP contribution in [0.4, 0.5) is 13.2 Å². The molecule has 0 aromatic heterocycles. The van der Waals surface area contributed by atoms with Gasteiger partial charge in [-0.3, -0.25) is 9.59 Å². The third-order valence-corrected chi connectivity index (χ3v) is 3.24. The second kappa shape index (κ2) is 8.82. The van der Waals surface area contributed by atoms with Crippen molar-refractivity contribution in [3.63, 3.8) is 0 Å². The fourth-order valence-corrected chi connectivity index (χ4v) is 2.16. The molecule has 0 spiro atoms. The Kier molecular flexibility index (Phi) is 7.35. The van der Waals surface area contributed by atoms with Crippen LogP contribution in [0.2, 0.25) is 0 Å². The molecule has 5 nitrogen and oxygen atoms in total. The first-order valence-electron chi connectivity index (χ1n) is 8.03. The summed E-state index contributed by atoms with van der Waals surface area (Å²) >= 11 is 0. The lowest BCUT2D eigenvalue weighted by molar-refractivity contribution is -0.158. The molecule has 0 N–H and O–H groups in total. The fraction of sp³-hybridized carbons (Fsp3) is 0.500. The molecule has 1 rings (SSSR count). The number of halogens is 3. The molecule has 0 bridgehead atoms. The third-order valence-electron chi connectivity index (χ3n) is 3.24. The molecule has 26 heavy (non-hydrogen) atoms. The van der Waals surface area contributed by atoms with Gasteiger partial charge in [0.1, 0.15) is 0 Å². The van der Waals surface area contributed by atoms with Gasteiger partial charge < -0.3 is 9.47 Å². The number of esters is 2. The highest BCUT2D eigenvalue weighted by atomic mass is 19.4. The van der Waals surface area contributed by atoms with Crippen LogP contribution in [0, 0.1) is 0 Å². The molecule has 1 unspecified atom stereocenters. The average Bonchev–Trinajstić information content (AvgIpc) is 2.50. The van der Waals surface area contributed by atoms with Gasteiger partial charge >= 0.3 is 18.1 Å². The Bertz CT molecular complexity index is 648. The fourth-order valence-electron chi connectivity index (χ4n) is 2.16. The van der Waals surface area contributed by atoms with Gasteiger partial charge in [-0.25, -0.2) is 4.79 Å². The number of carbonyl (C=O) groups excluding carboxylic acids is 3. The minimum atomic E-state index is -4.54. The summed E-state index contributed by atoms with van der Waals surface area (Å²) in [5.41, 5.74) is -0.800. The first-order valence-corrected chi connectivity index (χ1v) is 8.03. The highest BCUT2D eigenvalue weighted by Gasteiger charge is 2.34. The maximum atomic E-state index is 12.7. The summed E-state index contributed by atoms with van der Waals surface area (Å²) in [4.78, 5) is 36.2. The quantitative estimate of drug-likeness (QED) is 0.538. The van der Waals surface area contributed by atoms with Gasteiger partial charge in [-0.1, -0.05) is 12.1 Å². The van der Waals surface area contributed by atoms with Crippen molar-refractivity contribution in [1.82, 2.24) is 0 Å². The second-order valence-corrected chi connectivity index (χ2v) is 6.23.